The van der Waals surface area contributed by atoms with Crippen LogP contribution in [0, 0.1) is 0 Å². The van der Waals surface area contributed by atoms with Crippen LogP contribution < -0.4 is 0 Å². The number of piperazine rings is 1. The topological polar surface area (TPSA) is 77.9 Å². The highest BCUT2D eigenvalue weighted by Crippen LogP contribution is 2.40. The molecular formula is C35H30Cl2N2O4. The Morgan fingerprint density at radius 3 is 1.53 bits per heavy atom. The quantitative estimate of drug-likeness (QED) is 0.255. The zero-order valence-electron chi connectivity index (χ0n) is 23.2. The lowest BCUT2D eigenvalue weighted by Crippen LogP contribution is -2.66. The molecule has 0 spiro atoms. The van der Waals surface area contributed by atoms with Crippen LogP contribution in [0.1, 0.15) is 46.9 Å². The Morgan fingerprint density at radius 2 is 1.07 bits per heavy atom. The summed E-state index contributed by atoms with van der Waals surface area (Å²) in [5.41, 5.74) is 3.07. The number of nitrogens with zero attached hydrogens (tertiary/aromatic N) is 2. The van der Waals surface area contributed by atoms with Gasteiger partial charge in [0.1, 0.15) is 6.04 Å². The number of carbonyl (C=O) groups is 3. The summed E-state index contributed by atoms with van der Waals surface area (Å²) in [6, 6.07) is 31.0. The van der Waals surface area contributed by atoms with Crippen molar-refractivity contribution in [1.29, 1.82) is 0 Å². The van der Waals surface area contributed by atoms with Crippen LogP contribution in [-0.4, -0.2) is 57.4 Å². The van der Waals surface area contributed by atoms with E-state index < -0.39 is 29.9 Å². The maximum Gasteiger partial charge on any atom is 0.328 e. The van der Waals surface area contributed by atoms with Crippen LogP contribution in [0.15, 0.2) is 109 Å². The second-order valence-corrected chi connectivity index (χ2v) is 12.0. The SMILES string of the molecule is O=C(O)[C@@H]1[C@H]2CC[C@@H](CN1C(=O)C(c1ccc(Cl)cc1)c1ccc(Cl)cc1)N2C(=O)C(c1ccccc1)c1ccccc1. The number of rotatable bonds is 7. The Bertz CT molecular complexity index is 1530. The highest BCUT2D eigenvalue weighted by Gasteiger charge is 2.54. The van der Waals surface area contributed by atoms with Crippen molar-refractivity contribution in [3.63, 3.8) is 0 Å². The first kappa shape index (κ1) is 29.0. The number of benzene rings is 4. The highest BCUT2D eigenvalue weighted by molar-refractivity contribution is 6.30. The molecule has 3 atom stereocenters. The van der Waals surface area contributed by atoms with Gasteiger partial charge in [-0.1, -0.05) is 108 Å². The first-order chi connectivity index (χ1) is 20.8. The summed E-state index contributed by atoms with van der Waals surface area (Å²) in [7, 11) is 0. The minimum atomic E-state index is -1.19. The van der Waals surface area contributed by atoms with Crippen LogP contribution in [-0.2, 0) is 14.4 Å². The molecule has 2 aliphatic rings. The van der Waals surface area contributed by atoms with Crippen LogP contribution in [0.2, 0.25) is 10.0 Å². The lowest BCUT2D eigenvalue weighted by Gasteiger charge is -2.47. The standard InChI is InChI=1S/C35H30Cl2N2O4/c36-26-15-11-24(12-16-26)30(25-13-17-27(37)18-14-25)33(40)38-21-28-19-20-29(32(38)35(42)43)39(28)34(41)31(22-7-3-1-4-8-22)23-9-5-2-6-10-23/h1-18,28-32H,19-21H2,(H,42,43)/t28-,29+,32-/m0/s1. The third-order valence-corrected chi connectivity index (χ3v) is 9.11. The fraction of sp³-hybridized carbons (Fsp3) is 0.229. The summed E-state index contributed by atoms with van der Waals surface area (Å²) in [6.07, 6.45) is 1.12. The van der Waals surface area contributed by atoms with Gasteiger partial charge in [0.05, 0.1) is 17.9 Å². The average Bonchev–Trinajstić information content (AvgIpc) is 3.32. The van der Waals surface area contributed by atoms with Crippen molar-refractivity contribution >= 4 is 41.0 Å². The number of carbonyl (C=O) groups excluding carboxylic acids is 2. The van der Waals surface area contributed by atoms with Crippen molar-refractivity contribution in [2.45, 2.75) is 42.8 Å². The molecule has 4 aromatic carbocycles. The van der Waals surface area contributed by atoms with E-state index in [1.165, 1.54) is 4.90 Å². The molecule has 0 aliphatic carbocycles. The molecule has 0 saturated carbocycles. The summed E-state index contributed by atoms with van der Waals surface area (Å²) < 4.78 is 0. The van der Waals surface area contributed by atoms with Crippen molar-refractivity contribution < 1.29 is 19.5 Å². The fourth-order valence-electron chi connectivity index (χ4n) is 6.69. The fourth-order valence-corrected chi connectivity index (χ4v) is 6.94. The van der Waals surface area contributed by atoms with Crippen LogP contribution in [0.5, 0.6) is 0 Å². The second kappa shape index (κ2) is 12.2. The third kappa shape index (κ3) is 5.65. The number of halogens is 2. The number of fused-ring (bicyclic) bond motifs is 2. The van der Waals surface area contributed by atoms with Gasteiger partial charge in [0.25, 0.3) is 0 Å². The van der Waals surface area contributed by atoms with E-state index in [9.17, 15) is 19.5 Å². The molecule has 6 nitrogen and oxygen atoms in total. The molecule has 2 aliphatic heterocycles. The number of hydrogen-bond donors (Lipinski definition) is 1. The lowest BCUT2D eigenvalue weighted by atomic mass is 9.87. The molecule has 2 fully saturated rings. The zero-order chi connectivity index (χ0) is 30.1. The van der Waals surface area contributed by atoms with E-state index in [2.05, 4.69) is 0 Å². The Morgan fingerprint density at radius 1 is 0.628 bits per heavy atom. The number of hydrogen-bond acceptors (Lipinski definition) is 3. The summed E-state index contributed by atoms with van der Waals surface area (Å²) in [5, 5.41) is 11.6. The van der Waals surface area contributed by atoms with Gasteiger partial charge in [-0.15, -0.1) is 0 Å². The zero-order valence-corrected chi connectivity index (χ0v) is 24.7. The summed E-state index contributed by atoms with van der Waals surface area (Å²) >= 11 is 12.3. The van der Waals surface area contributed by atoms with E-state index in [0.29, 0.717) is 34.0 Å². The van der Waals surface area contributed by atoms with Crippen LogP contribution >= 0.6 is 23.2 Å². The maximum atomic E-state index is 14.4. The summed E-state index contributed by atoms with van der Waals surface area (Å²) in [4.78, 5) is 45.1. The molecule has 218 valence electrons. The van der Waals surface area contributed by atoms with E-state index >= 15 is 0 Å². The minimum Gasteiger partial charge on any atom is -0.480 e. The van der Waals surface area contributed by atoms with Crippen LogP contribution in [0.3, 0.4) is 0 Å². The van der Waals surface area contributed by atoms with E-state index in [4.69, 9.17) is 23.2 Å². The first-order valence-electron chi connectivity index (χ1n) is 14.3. The monoisotopic (exact) mass is 612 g/mol. The van der Waals surface area contributed by atoms with E-state index in [1.54, 1.807) is 53.4 Å². The number of carboxylic acids is 1. The van der Waals surface area contributed by atoms with Gasteiger partial charge in [0, 0.05) is 22.6 Å². The lowest BCUT2D eigenvalue weighted by molar-refractivity contribution is -0.161. The maximum absolute atomic E-state index is 14.4. The summed E-state index contributed by atoms with van der Waals surface area (Å²) in [6.45, 7) is 0.131. The number of amides is 2. The van der Waals surface area contributed by atoms with Gasteiger partial charge in [0.15, 0.2) is 0 Å². The van der Waals surface area contributed by atoms with Crippen molar-refractivity contribution in [2.24, 2.45) is 0 Å². The molecular weight excluding hydrogens is 583 g/mol. The number of likely N-dealkylation sites (tertiary alicyclic amines) is 1. The Balaban J connectivity index is 1.37. The Labute approximate surface area is 260 Å². The minimum absolute atomic E-state index is 0.131. The third-order valence-electron chi connectivity index (χ3n) is 8.61. The molecule has 0 radical (unpaired) electrons. The predicted molar refractivity (Wildman–Crippen MR) is 166 cm³/mol. The number of aliphatic carboxylic acids is 1. The Hall–Kier alpha value is -4.13. The highest BCUT2D eigenvalue weighted by atomic mass is 35.5. The van der Waals surface area contributed by atoms with Gasteiger partial charge in [0.2, 0.25) is 11.8 Å². The van der Waals surface area contributed by atoms with E-state index in [-0.39, 0.29) is 24.4 Å². The molecule has 2 amide bonds. The first-order valence-corrected chi connectivity index (χ1v) is 15.1. The van der Waals surface area contributed by atoms with Gasteiger partial charge in [-0.05, 0) is 59.4 Å². The van der Waals surface area contributed by atoms with Crippen LogP contribution in [0.4, 0.5) is 0 Å². The largest absolute Gasteiger partial charge is 0.480 e. The van der Waals surface area contributed by atoms with E-state index in [1.807, 2.05) is 60.7 Å². The molecule has 2 heterocycles. The van der Waals surface area contributed by atoms with Gasteiger partial charge in [-0.3, -0.25) is 9.59 Å². The van der Waals surface area contributed by atoms with Gasteiger partial charge < -0.3 is 14.9 Å². The van der Waals surface area contributed by atoms with Crippen molar-refractivity contribution in [1.82, 2.24) is 9.80 Å². The number of carboxylic acid groups (broad SMARTS) is 1. The van der Waals surface area contributed by atoms with E-state index in [0.717, 1.165) is 11.1 Å². The van der Waals surface area contributed by atoms with Crippen molar-refractivity contribution in [2.75, 3.05) is 6.54 Å². The van der Waals surface area contributed by atoms with Crippen LogP contribution in [0.25, 0.3) is 0 Å². The molecule has 1 N–H and O–H groups in total. The molecule has 2 bridgehead atoms. The molecule has 4 aromatic rings. The molecule has 6 rings (SSSR count). The van der Waals surface area contributed by atoms with Gasteiger partial charge in [-0.2, -0.15) is 0 Å². The van der Waals surface area contributed by atoms with Crippen molar-refractivity contribution in [3.05, 3.63) is 141 Å². The van der Waals surface area contributed by atoms with Gasteiger partial charge >= 0.3 is 5.97 Å². The Kier molecular flexibility index (Phi) is 8.24. The molecule has 8 heteroatoms. The predicted octanol–water partition coefficient (Wildman–Crippen LogP) is 6.61. The molecule has 43 heavy (non-hydrogen) atoms. The normalized spacial score (nSPS) is 19.6. The molecule has 0 unspecified atom stereocenters. The van der Waals surface area contributed by atoms with Crippen molar-refractivity contribution in [3.8, 4) is 0 Å². The summed E-state index contributed by atoms with van der Waals surface area (Å²) in [5.74, 6) is -2.95. The van der Waals surface area contributed by atoms with Gasteiger partial charge in [-0.25, -0.2) is 4.79 Å². The molecule has 0 aromatic heterocycles. The molecule has 2 saturated heterocycles. The smallest absolute Gasteiger partial charge is 0.328 e. The second-order valence-electron chi connectivity index (χ2n) is 11.1. The average molecular weight is 614 g/mol.